The van der Waals surface area contributed by atoms with Crippen molar-refractivity contribution in [1.82, 2.24) is 19.5 Å². The molecule has 0 aliphatic carbocycles. The zero-order chi connectivity index (χ0) is 25.0. The molecule has 182 valence electrons. The molecule has 0 bridgehead atoms. The van der Waals surface area contributed by atoms with Crippen LogP contribution in [0.4, 0.5) is 5.69 Å². The van der Waals surface area contributed by atoms with Crippen molar-refractivity contribution in [1.29, 1.82) is 0 Å². The fraction of sp³-hybridized carbons (Fsp3) is 0.217. The van der Waals surface area contributed by atoms with E-state index in [9.17, 15) is 13.2 Å². The van der Waals surface area contributed by atoms with Crippen molar-refractivity contribution < 1.29 is 17.9 Å². The standard InChI is InChI=1S/C23H21Cl2N5O4S/c1-2-3-9-34-22(31)14-30(35(32,33)19-11-16(24)10-17(25)12-19)18-5-6-20-21(13-18)29(15-28-20)23-26-7-4-8-27-23/h4-8,10-13,15H,2-3,9,14H2,1H3. The second kappa shape index (κ2) is 10.6. The molecule has 4 rings (SSSR count). The van der Waals surface area contributed by atoms with Gasteiger partial charge in [0.1, 0.15) is 12.9 Å². The van der Waals surface area contributed by atoms with Crippen molar-refractivity contribution in [3.8, 4) is 5.95 Å². The summed E-state index contributed by atoms with van der Waals surface area (Å²) in [5, 5.41) is 0.299. The van der Waals surface area contributed by atoms with Gasteiger partial charge in [-0.05, 0) is 48.9 Å². The minimum Gasteiger partial charge on any atom is -0.464 e. The second-order valence-electron chi connectivity index (χ2n) is 7.53. The summed E-state index contributed by atoms with van der Waals surface area (Å²) in [5.41, 5.74) is 1.37. The van der Waals surface area contributed by atoms with E-state index in [-0.39, 0.29) is 27.2 Å². The summed E-state index contributed by atoms with van der Waals surface area (Å²) in [4.78, 5) is 25.2. The second-order valence-corrected chi connectivity index (χ2v) is 10.3. The number of unbranched alkanes of at least 4 members (excludes halogenated alkanes) is 1. The molecule has 0 amide bonds. The Morgan fingerprint density at radius 3 is 2.46 bits per heavy atom. The molecule has 2 heterocycles. The normalized spacial score (nSPS) is 11.5. The van der Waals surface area contributed by atoms with Crippen LogP contribution in [0.25, 0.3) is 17.0 Å². The first-order valence-electron chi connectivity index (χ1n) is 10.7. The number of carbonyl (C=O) groups excluding carboxylic acids is 1. The summed E-state index contributed by atoms with van der Waals surface area (Å²) in [6, 6.07) is 10.5. The third-order valence-electron chi connectivity index (χ3n) is 5.04. The number of ether oxygens (including phenoxy) is 1. The first-order chi connectivity index (χ1) is 16.8. The van der Waals surface area contributed by atoms with Crippen LogP contribution in [0.5, 0.6) is 0 Å². The summed E-state index contributed by atoms with van der Waals surface area (Å²) >= 11 is 12.1. The highest BCUT2D eigenvalue weighted by Gasteiger charge is 2.29. The molecule has 0 aliphatic rings. The van der Waals surface area contributed by atoms with Crippen LogP contribution in [-0.4, -0.2) is 47.1 Å². The average Bonchev–Trinajstić information content (AvgIpc) is 3.26. The largest absolute Gasteiger partial charge is 0.464 e. The van der Waals surface area contributed by atoms with Crippen LogP contribution >= 0.6 is 23.2 Å². The van der Waals surface area contributed by atoms with Gasteiger partial charge in [0.25, 0.3) is 10.0 Å². The van der Waals surface area contributed by atoms with Gasteiger partial charge >= 0.3 is 5.97 Å². The minimum absolute atomic E-state index is 0.149. The van der Waals surface area contributed by atoms with E-state index in [1.807, 2.05) is 6.92 Å². The van der Waals surface area contributed by atoms with E-state index < -0.39 is 22.5 Å². The van der Waals surface area contributed by atoms with E-state index >= 15 is 0 Å². The highest BCUT2D eigenvalue weighted by molar-refractivity contribution is 7.92. The zero-order valence-electron chi connectivity index (χ0n) is 18.6. The van der Waals surface area contributed by atoms with Gasteiger partial charge in [-0.25, -0.2) is 23.4 Å². The fourth-order valence-corrected chi connectivity index (χ4v) is 5.47. The van der Waals surface area contributed by atoms with Crippen LogP contribution in [0.2, 0.25) is 10.0 Å². The molecule has 0 aliphatic heterocycles. The molecule has 2 aromatic heterocycles. The van der Waals surface area contributed by atoms with E-state index in [1.54, 1.807) is 47.6 Å². The molecule has 2 aromatic carbocycles. The Balaban J connectivity index is 1.80. The van der Waals surface area contributed by atoms with E-state index in [0.717, 1.165) is 10.7 Å². The van der Waals surface area contributed by atoms with Crippen LogP contribution in [0.3, 0.4) is 0 Å². The predicted octanol–water partition coefficient (Wildman–Crippen LogP) is 4.66. The van der Waals surface area contributed by atoms with Crippen LogP contribution in [0.1, 0.15) is 19.8 Å². The molecule has 9 nitrogen and oxygen atoms in total. The first kappa shape index (κ1) is 24.9. The van der Waals surface area contributed by atoms with Gasteiger partial charge in [-0.15, -0.1) is 0 Å². The molecule has 0 saturated heterocycles. The molecule has 4 aromatic rings. The highest BCUT2D eigenvalue weighted by Crippen LogP contribution is 2.30. The number of esters is 1. The third-order valence-corrected chi connectivity index (χ3v) is 7.23. The number of rotatable bonds is 9. The quantitative estimate of drug-likeness (QED) is 0.227. The molecule has 12 heteroatoms. The number of nitrogens with zero attached hydrogens (tertiary/aromatic N) is 5. The number of sulfonamides is 1. The number of anilines is 1. The number of fused-ring (bicyclic) bond motifs is 1. The van der Waals surface area contributed by atoms with E-state index in [2.05, 4.69) is 15.0 Å². The van der Waals surface area contributed by atoms with Gasteiger partial charge in [0.2, 0.25) is 5.95 Å². The molecule has 0 radical (unpaired) electrons. The van der Waals surface area contributed by atoms with Crippen LogP contribution in [0.15, 0.2) is 66.1 Å². The van der Waals surface area contributed by atoms with Gasteiger partial charge in [-0.2, -0.15) is 0 Å². The van der Waals surface area contributed by atoms with Gasteiger partial charge in [0.05, 0.1) is 28.2 Å². The summed E-state index contributed by atoms with van der Waals surface area (Å²) in [5.74, 6) is -0.322. The number of benzene rings is 2. The van der Waals surface area contributed by atoms with Gasteiger partial charge in [0, 0.05) is 22.4 Å². The number of halogens is 2. The summed E-state index contributed by atoms with van der Waals surface area (Å²) in [6.07, 6.45) is 6.22. The maximum atomic E-state index is 13.7. The lowest BCUT2D eigenvalue weighted by Crippen LogP contribution is -2.36. The van der Waals surface area contributed by atoms with E-state index in [0.29, 0.717) is 23.4 Å². The molecule has 0 N–H and O–H groups in total. The summed E-state index contributed by atoms with van der Waals surface area (Å²) in [6.45, 7) is 1.61. The van der Waals surface area contributed by atoms with Crippen LogP contribution in [-0.2, 0) is 19.6 Å². The van der Waals surface area contributed by atoms with Crippen LogP contribution < -0.4 is 4.31 Å². The molecular weight excluding hydrogens is 513 g/mol. The smallest absolute Gasteiger partial charge is 0.326 e. The van der Waals surface area contributed by atoms with Gasteiger partial charge in [-0.1, -0.05) is 36.5 Å². The Kier molecular flexibility index (Phi) is 7.54. The molecule has 0 fully saturated rings. The minimum atomic E-state index is -4.25. The topological polar surface area (TPSA) is 107 Å². The Bertz CT molecular complexity index is 1440. The lowest BCUT2D eigenvalue weighted by atomic mass is 10.2. The monoisotopic (exact) mass is 533 g/mol. The van der Waals surface area contributed by atoms with Gasteiger partial charge < -0.3 is 4.74 Å². The Labute approximate surface area is 212 Å². The maximum absolute atomic E-state index is 13.7. The maximum Gasteiger partial charge on any atom is 0.326 e. The molecule has 0 atom stereocenters. The number of hydrogen-bond acceptors (Lipinski definition) is 7. The lowest BCUT2D eigenvalue weighted by Gasteiger charge is -2.24. The van der Waals surface area contributed by atoms with E-state index in [1.165, 1.54) is 18.2 Å². The van der Waals surface area contributed by atoms with Crippen LogP contribution in [0, 0.1) is 0 Å². The number of hydrogen-bond donors (Lipinski definition) is 0. The molecule has 35 heavy (non-hydrogen) atoms. The Morgan fingerprint density at radius 2 is 1.77 bits per heavy atom. The zero-order valence-corrected chi connectivity index (χ0v) is 21.0. The Hall–Kier alpha value is -3.21. The fourth-order valence-electron chi connectivity index (χ4n) is 3.34. The number of imidazole rings is 1. The molecule has 0 spiro atoms. The van der Waals surface area contributed by atoms with Crippen molar-refractivity contribution in [2.24, 2.45) is 0 Å². The average molecular weight is 534 g/mol. The van der Waals surface area contributed by atoms with Gasteiger partial charge in [0.15, 0.2) is 0 Å². The SMILES string of the molecule is CCCCOC(=O)CN(c1ccc2ncn(-c3ncccn3)c2c1)S(=O)(=O)c1cc(Cl)cc(Cl)c1. The lowest BCUT2D eigenvalue weighted by molar-refractivity contribution is -0.141. The number of carbonyl (C=O) groups is 1. The number of aromatic nitrogens is 4. The van der Waals surface area contributed by atoms with Crippen molar-refractivity contribution in [2.75, 3.05) is 17.5 Å². The molecule has 0 saturated carbocycles. The van der Waals surface area contributed by atoms with Crippen molar-refractivity contribution in [2.45, 2.75) is 24.7 Å². The molecule has 0 unspecified atom stereocenters. The van der Waals surface area contributed by atoms with Gasteiger partial charge in [-0.3, -0.25) is 13.7 Å². The molecular formula is C23H21Cl2N5O4S. The summed E-state index contributed by atoms with van der Waals surface area (Å²) in [7, 11) is -4.25. The predicted molar refractivity (Wildman–Crippen MR) is 134 cm³/mol. The highest BCUT2D eigenvalue weighted by atomic mass is 35.5. The Morgan fingerprint density at radius 1 is 1.06 bits per heavy atom. The van der Waals surface area contributed by atoms with Crippen molar-refractivity contribution in [3.05, 3.63) is 71.2 Å². The van der Waals surface area contributed by atoms with Crippen molar-refractivity contribution >= 4 is 55.9 Å². The van der Waals surface area contributed by atoms with E-state index in [4.69, 9.17) is 27.9 Å². The van der Waals surface area contributed by atoms with Crippen molar-refractivity contribution in [3.63, 3.8) is 0 Å². The first-order valence-corrected chi connectivity index (χ1v) is 12.9. The third kappa shape index (κ3) is 5.55. The summed E-state index contributed by atoms with van der Waals surface area (Å²) < 4.78 is 35.2.